The van der Waals surface area contributed by atoms with Gasteiger partial charge in [-0.25, -0.2) is 0 Å². The third-order valence-corrected chi connectivity index (χ3v) is 3.58. The molecule has 2 aromatic rings. The molecule has 0 unspecified atom stereocenters. The first-order valence-corrected chi connectivity index (χ1v) is 6.25. The van der Waals surface area contributed by atoms with E-state index < -0.39 is 0 Å². The minimum atomic E-state index is -0.00935. The van der Waals surface area contributed by atoms with Crippen molar-refractivity contribution < 1.29 is 4.79 Å². The number of benzene rings is 2. The number of ketones is 1. The zero-order valence-electron chi connectivity index (χ0n) is 10.8. The lowest BCUT2D eigenvalue weighted by molar-refractivity contribution is 0.103. The van der Waals surface area contributed by atoms with Gasteiger partial charge in [0, 0.05) is 11.1 Å². The van der Waals surface area contributed by atoms with E-state index in [0.29, 0.717) is 10.6 Å². The highest BCUT2D eigenvalue weighted by molar-refractivity contribution is 6.35. The molecular formula is C16H15ClO. The summed E-state index contributed by atoms with van der Waals surface area (Å²) >= 11 is 6.21. The van der Waals surface area contributed by atoms with Crippen molar-refractivity contribution >= 4 is 17.4 Å². The summed E-state index contributed by atoms with van der Waals surface area (Å²) in [4.78, 5) is 12.5. The summed E-state index contributed by atoms with van der Waals surface area (Å²) in [6.45, 7) is 5.83. The molecule has 0 aliphatic heterocycles. The van der Waals surface area contributed by atoms with Crippen LogP contribution < -0.4 is 0 Å². The van der Waals surface area contributed by atoms with Gasteiger partial charge in [0.15, 0.2) is 5.78 Å². The molecule has 2 aromatic carbocycles. The van der Waals surface area contributed by atoms with Gasteiger partial charge in [-0.15, -0.1) is 0 Å². The minimum Gasteiger partial charge on any atom is -0.289 e. The van der Waals surface area contributed by atoms with E-state index in [1.165, 1.54) is 0 Å². The van der Waals surface area contributed by atoms with Crippen molar-refractivity contribution in [3.63, 3.8) is 0 Å². The number of hydrogen-bond donors (Lipinski definition) is 0. The van der Waals surface area contributed by atoms with Gasteiger partial charge in [0.05, 0.1) is 5.02 Å². The van der Waals surface area contributed by atoms with Crippen LogP contribution in [0.1, 0.15) is 32.6 Å². The predicted octanol–water partition coefficient (Wildman–Crippen LogP) is 4.50. The van der Waals surface area contributed by atoms with Crippen LogP contribution >= 0.6 is 11.6 Å². The summed E-state index contributed by atoms with van der Waals surface area (Å²) in [6.07, 6.45) is 0. The zero-order valence-corrected chi connectivity index (χ0v) is 11.5. The second-order valence-electron chi connectivity index (χ2n) is 4.58. The average Bonchev–Trinajstić information content (AvgIpc) is 2.35. The highest BCUT2D eigenvalue weighted by Gasteiger charge is 2.15. The van der Waals surface area contributed by atoms with Crippen molar-refractivity contribution in [3.05, 3.63) is 69.2 Å². The topological polar surface area (TPSA) is 17.1 Å². The fourth-order valence-corrected chi connectivity index (χ4v) is 2.16. The Morgan fingerprint density at radius 2 is 1.67 bits per heavy atom. The quantitative estimate of drug-likeness (QED) is 0.725. The van der Waals surface area contributed by atoms with E-state index in [1.54, 1.807) is 6.07 Å². The maximum absolute atomic E-state index is 12.5. The monoisotopic (exact) mass is 258 g/mol. The Kier molecular flexibility index (Phi) is 3.53. The number of hydrogen-bond acceptors (Lipinski definition) is 1. The van der Waals surface area contributed by atoms with E-state index in [9.17, 15) is 4.79 Å². The summed E-state index contributed by atoms with van der Waals surface area (Å²) in [5.41, 5.74) is 4.27. The standard InChI is InChI=1S/C16H15ClO/c1-10-7-8-11(2)14(9-10)16(18)13-6-4-5-12(3)15(13)17/h4-9H,1-3H3. The van der Waals surface area contributed by atoms with Crippen molar-refractivity contribution in [1.29, 1.82) is 0 Å². The maximum Gasteiger partial charge on any atom is 0.194 e. The number of carbonyl (C=O) groups excluding carboxylic acids is 1. The molecule has 0 saturated heterocycles. The van der Waals surface area contributed by atoms with Crippen LogP contribution in [-0.4, -0.2) is 5.78 Å². The Balaban J connectivity index is 2.55. The second-order valence-corrected chi connectivity index (χ2v) is 4.96. The van der Waals surface area contributed by atoms with E-state index in [-0.39, 0.29) is 5.78 Å². The summed E-state index contributed by atoms with van der Waals surface area (Å²) < 4.78 is 0. The van der Waals surface area contributed by atoms with Crippen molar-refractivity contribution in [1.82, 2.24) is 0 Å². The number of carbonyl (C=O) groups is 1. The SMILES string of the molecule is Cc1ccc(C)c(C(=O)c2cccc(C)c2Cl)c1. The smallest absolute Gasteiger partial charge is 0.194 e. The van der Waals surface area contributed by atoms with Crippen molar-refractivity contribution in [3.8, 4) is 0 Å². The molecule has 0 N–H and O–H groups in total. The van der Waals surface area contributed by atoms with E-state index in [0.717, 1.165) is 22.3 Å². The van der Waals surface area contributed by atoms with Gasteiger partial charge in [-0.05, 0) is 44.0 Å². The highest BCUT2D eigenvalue weighted by atomic mass is 35.5. The van der Waals surface area contributed by atoms with Gasteiger partial charge in [0.2, 0.25) is 0 Å². The van der Waals surface area contributed by atoms with E-state index >= 15 is 0 Å². The van der Waals surface area contributed by atoms with Gasteiger partial charge >= 0.3 is 0 Å². The molecule has 1 nitrogen and oxygen atoms in total. The Morgan fingerprint density at radius 1 is 0.944 bits per heavy atom. The fraction of sp³-hybridized carbons (Fsp3) is 0.188. The zero-order chi connectivity index (χ0) is 13.3. The Labute approximate surface area is 112 Å². The molecule has 2 rings (SSSR count). The molecule has 0 aliphatic rings. The van der Waals surface area contributed by atoms with E-state index in [4.69, 9.17) is 11.6 Å². The predicted molar refractivity (Wildman–Crippen MR) is 75.5 cm³/mol. The summed E-state index contributed by atoms with van der Waals surface area (Å²) in [5, 5.41) is 0.545. The molecule has 0 spiro atoms. The Morgan fingerprint density at radius 3 is 2.39 bits per heavy atom. The minimum absolute atomic E-state index is 0.00935. The number of halogens is 1. The first-order valence-electron chi connectivity index (χ1n) is 5.88. The molecular weight excluding hydrogens is 244 g/mol. The molecule has 0 radical (unpaired) electrons. The van der Waals surface area contributed by atoms with Crippen LogP contribution in [0.15, 0.2) is 36.4 Å². The van der Waals surface area contributed by atoms with E-state index in [1.807, 2.05) is 51.1 Å². The molecule has 18 heavy (non-hydrogen) atoms. The molecule has 0 bridgehead atoms. The van der Waals surface area contributed by atoms with Crippen LogP contribution in [-0.2, 0) is 0 Å². The molecule has 2 heteroatoms. The second kappa shape index (κ2) is 4.95. The van der Waals surface area contributed by atoms with Gasteiger partial charge in [-0.1, -0.05) is 41.4 Å². The number of aryl methyl sites for hydroxylation is 3. The van der Waals surface area contributed by atoms with Gasteiger partial charge < -0.3 is 0 Å². The summed E-state index contributed by atoms with van der Waals surface area (Å²) in [5.74, 6) is -0.00935. The van der Waals surface area contributed by atoms with Gasteiger partial charge in [-0.3, -0.25) is 4.79 Å². The van der Waals surface area contributed by atoms with Crippen molar-refractivity contribution in [2.24, 2.45) is 0 Å². The van der Waals surface area contributed by atoms with Crippen LogP contribution in [0.4, 0.5) is 0 Å². The van der Waals surface area contributed by atoms with Gasteiger partial charge in [0.1, 0.15) is 0 Å². The fourth-order valence-electron chi connectivity index (χ4n) is 1.95. The number of rotatable bonds is 2. The molecule has 0 aromatic heterocycles. The molecule has 0 aliphatic carbocycles. The summed E-state index contributed by atoms with van der Waals surface area (Å²) in [6, 6.07) is 11.4. The van der Waals surface area contributed by atoms with Crippen molar-refractivity contribution in [2.45, 2.75) is 20.8 Å². The maximum atomic E-state index is 12.5. The van der Waals surface area contributed by atoms with Crippen LogP contribution in [0.3, 0.4) is 0 Å². The average molecular weight is 259 g/mol. The van der Waals surface area contributed by atoms with Crippen LogP contribution in [0.5, 0.6) is 0 Å². The Hall–Kier alpha value is -1.60. The third kappa shape index (κ3) is 2.32. The molecule has 0 saturated carbocycles. The summed E-state index contributed by atoms with van der Waals surface area (Å²) in [7, 11) is 0. The highest BCUT2D eigenvalue weighted by Crippen LogP contribution is 2.24. The lowest BCUT2D eigenvalue weighted by Gasteiger charge is -2.09. The molecule has 0 atom stereocenters. The van der Waals surface area contributed by atoms with Crippen LogP contribution in [0.2, 0.25) is 5.02 Å². The molecule has 0 fully saturated rings. The lowest BCUT2D eigenvalue weighted by Crippen LogP contribution is -2.05. The molecule has 92 valence electrons. The van der Waals surface area contributed by atoms with E-state index in [2.05, 4.69) is 0 Å². The lowest BCUT2D eigenvalue weighted by atomic mass is 9.96. The normalized spacial score (nSPS) is 10.4. The van der Waals surface area contributed by atoms with Crippen LogP contribution in [0, 0.1) is 20.8 Å². The molecule has 0 heterocycles. The first-order chi connectivity index (χ1) is 8.50. The van der Waals surface area contributed by atoms with Crippen molar-refractivity contribution in [2.75, 3.05) is 0 Å². The van der Waals surface area contributed by atoms with Gasteiger partial charge in [0.25, 0.3) is 0 Å². The molecule has 0 amide bonds. The third-order valence-electron chi connectivity index (χ3n) is 3.07. The largest absolute Gasteiger partial charge is 0.289 e. The first kappa shape index (κ1) is 12.8. The van der Waals surface area contributed by atoms with Gasteiger partial charge in [-0.2, -0.15) is 0 Å². The van der Waals surface area contributed by atoms with Crippen LogP contribution in [0.25, 0.3) is 0 Å². The Bertz CT molecular complexity index is 610.